The van der Waals surface area contributed by atoms with Gasteiger partial charge >= 0.3 is 0 Å². The van der Waals surface area contributed by atoms with Gasteiger partial charge in [-0.15, -0.1) is 0 Å². The molecule has 1 atom stereocenters. The Balaban J connectivity index is 2.21. The first-order chi connectivity index (χ1) is 8.65. The van der Waals surface area contributed by atoms with E-state index in [0.29, 0.717) is 25.4 Å². The van der Waals surface area contributed by atoms with E-state index in [0.717, 1.165) is 24.8 Å². The van der Waals surface area contributed by atoms with Gasteiger partial charge in [0.1, 0.15) is 0 Å². The van der Waals surface area contributed by atoms with Gasteiger partial charge in [0.25, 0.3) is 0 Å². The van der Waals surface area contributed by atoms with E-state index in [1.54, 1.807) is 10.9 Å². The van der Waals surface area contributed by atoms with E-state index < -0.39 is 0 Å². The summed E-state index contributed by atoms with van der Waals surface area (Å²) in [6.07, 6.45) is 7.28. The Hall–Kier alpha value is -1.36. The number of aromatic nitrogens is 2. The van der Waals surface area contributed by atoms with Crippen LogP contribution in [0.15, 0.2) is 12.4 Å². The summed E-state index contributed by atoms with van der Waals surface area (Å²) in [5.41, 5.74) is 6.57. The molecule has 0 aromatic carbocycles. The molecule has 0 radical (unpaired) electrons. The van der Waals surface area contributed by atoms with Crippen LogP contribution in [0, 0.1) is 5.92 Å². The van der Waals surface area contributed by atoms with Gasteiger partial charge in [-0.3, -0.25) is 9.48 Å². The van der Waals surface area contributed by atoms with Crippen molar-refractivity contribution in [2.75, 3.05) is 6.54 Å². The lowest BCUT2D eigenvalue weighted by Crippen LogP contribution is -2.23. The highest BCUT2D eigenvalue weighted by Crippen LogP contribution is 2.14. The lowest BCUT2D eigenvalue weighted by atomic mass is 9.96. The van der Waals surface area contributed by atoms with Gasteiger partial charge < -0.3 is 11.1 Å². The Morgan fingerprint density at radius 1 is 1.56 bits per heavy atom. The molecule has 0 bridgehead atoms. The van der Waals surface area contributed by atoms with Gasteiger partial charge in [0.2, 0.25) is 5.91 Å². The zero-order valence-corrected chi connectivity index (χ0v) is 11.4. The molecule has 1 rings (SSSR count). The van der Waals surface area contributed by atoms with Gasteiger partial charge in [-0.2, -0.15) is 5.10 Å². The number of nitrogens with zero attached hydrogens (tertiary/aromatic N) is 2. The van der Waals surface area contributed by atoms with Crippen molar-refractivity contribution in [2.24, 2.45) is 18.7 Å². The molecule has 18 heavy (non-hydrogen) atoms. The molecule has 1 unspecified atom stereocenters. The SMILES string of the molecule is CCC(CCN)CCC(=O)NCc1cnn(C)c1. The lowest BCUT2D eigenvalue weighted by Gasteiger charge is -2.12. The third-order valence-corrected chi connectivity index (χ3v) is 3.18. The molecule has 5 heteroatoms. The largest absolute Gasteiger partial charge is 0.352 e. The fourth-order valence-corrected chi connectivity index (χ4v) is 1.98. The fraction of sp³-hybridized carbons (Fsp3) is 0.692. The summed E-state index contributed by atoms with van der Waals surface area (Å²) in [5, 5.41) is 6.97. The summed E-state index contributed by atoms with van der Waals surface area (Å²) in [5.74, 6) is 0.675. The van der Waals surface area contributed by atoms with Crippen LogP contribution in [-0.2, 0) is 18.4 Å². The molecule has 0 saturated heterocycles. The first-order valence-corrected chi connectivity index (χ1v) is 6.60. The summed E-state index contributed by atoms with van der Waals surface area (Å²) in [6, 6.07) is 0. The molecule has 3 N–H and O–H groups in total. The van der Waals surface area contributed by atoms with Gasteiger partial charge in [-0.25, -0.2) is 0 Å². The third-order valence-electron chi connectivity index (χ3n) is 3.18. The third kappa shape index (κ3) is 5.31. The van der Waals surface area contributed by atoms with Crippen LogP contribution in [0.4, 0.5) is 0 Å². The molecule has 1 heterocycles. The maximum Gasteiger partial charge on any atom is 0.220 e. The van der Waals surface area contributed by atoms with Gasteiger partial charge in [-0.1, -0.05) is 13.3 Å². The summed E-state index contributed by atoms with van der Waals surface area (Å²) in [6.45, 7) is 3.41. The van der Waals surface area contributed by atoms with Crippen LogP contribution >= 0.6 is 0 Å². The molecular weight excluding hydrogens is 228 g/mol. The summed E-state index contributed by atoms with van der Waals surface area (Å²) >= 11 is 0. The van der Waals surface area contributed by atoms with Crippen LogP contribution in [0.2, 0.25) is 0 Å². The molecule has 0 spiro atoms. The summed E-state index contributed by atoms with van der Waals surface area (Å²) in [7, 11) is 1.87. The Morgan fingerprint density at radius 2 is 2.33 bits per heavy atom. The molecule has 0 aliphatic rings. The molecule has 1 amide bonds. The van der Waals surface area contributed by atoms with Crippen LogP contribution in [0.25, 0.3) is 0 Å². The number of aryl methyl sites for hydroxylation is 1. The Labute approximate surface area is 109 Å². The molecular formula is C13H24N4O. The van der Waals surface area contributed by atoms with Crippen molar-refractivity contribution in [1.82, 2.24) is 15.1 Å². The van der Waals surface area contributed by atoms with Crippen molar-refractivity contribution in [1.29, 1.82) is 0 Å². The maximum absolute atomic E-state index is 11.7. The predicted molar refractivity (Wildman–Crippen MR) is 71.7 cm³/mol. The topological polar surface area (TPSA) is 72.9 Å². The Bertz CT molecular complexity index is 362. The second-order valence-electron chi connectivity index (χ2n) is 4.69. The van der Waals surface area contributed by atoms with E-state index in [4.69, 9.17) is 5.73 Å². The van der Waals surface area contributed by atoms with Gasteiger partial charge in [-0.05, 0) is 25.3 Å². The molecule has 0 fully saturated rings. The summed E-state index contributed by atoms with van der Waals surface area (Å²) in [4.78, 5) is 11.7. The highest BCUT2D eigenvalue weighted by Gasteiger charge is 2.09. The Morgan fingerprint density at radius 3 is 2.89 bits per heavy atom. The van der Waals surface area contributed by atoms with E-state index in [1.807, 2.05) is 13.2 Å². The second-order valence-corrected chi connectivity index (χ2v) is 4.69. The molecule has 0 aliphatic carbocycles. The first-order valence-electron chi connectivity index (χ1n) is 6.60. The van der Waals surface area contributed by atoms with Crippen LogP contribution in [0.3, 0.4) is 0 Å². The van der Waals surface area contributed by atoms with E-state index >= 15 is 0 Å². The van der Waals surface area contributed by atoms with Crippen molar-refractivity contribution < 1.29 is 4.79 Å². The highest BCUT2D eigenvalue weighted by molar-refractivity contribution is 5.75. The molecule has 5 nitrogen and oxygen atoms in total. The van der Waals surface area contributed by atoms with Gasteiger partial charge in [0.05, 0.1) is 6.20 Å². The second kappa shape index (κ2) is 7.87. The van der Waals surface area contributed by atoms with E-state index in [1.165, 1.54) is 0 Å². The van der Waals surface area contributed by atoms with E-state index in [9.17, 15) is 4.79 Å². The van der Waals surface area contributed by atoms with Crippen molar-refractivity contribution in [2.45, 2.75) is 39.2 Å². The quantitative estimate of drug-likeness (QED) is 0.730. The number of rotatable bonds is 8. The van der Waals surface area contributed by atoms with Gasteiger partial charge in [0.15, 0.2) is 0 Å². The summed E-state index contributed by atoms with van der Waals surface area (Å²) < 4.78 is 1.73. The van der Waals surface area contributed by atoms with Crippen LogP contribution < -0.4 is 11.1 Å². The number of nitrogens with one attached hydrogen (secondary N) is 1. The molecule has 1 aromatic heterocycles. The monoisotopic (exact) mass is 252 g/mol. The van der Waals surface area contributed by atoms with Gasteiger partial charge in [0, 0.05) is 31.8 Å². The fourth-order valence-electron chi connectivity index (χ4n) is 1.98. The average molecular weight is 252 g/mol. The average Bonchev–Trinajstić information content (AvgIpc) is 2.77. The minimum absolute atomic E-state index is 0.106. The minimum atomic E-state index is 0.106. The number of carbonyl (C=O) groups is 1. The molecule has 0 aliphatic heterocycles. The number of amides is 1. The predicted octanol–water partition coefficient (Wildman–Crippen LogP) is 1.19. The van der Waals surface area contributed by atoms with E-state index in [-0.39, 0.29) is 5.91 Å². The number of carbonyl (C=O) groups excluding carboxylic acids is 1. The van der Waals surface area contributed by atoms with Crippen molar-refractivity contribution in [3.8, 4) is 0 Å². The number of nitrogens with two attached hydrogens (primary N) is 1. The Kier molecular flexibility index (Phi) is 6.43. The molecule has 1 aromatic rings. The van der Waals surface area contributed by atoms with Crippen molar-refractivity contribution in [3.63, 3.8) is 0 Å². The van der Waals surface area contributed by atoms with Crippen LogP contribution in [0.5, 0.6) is 0 Å². The molecule has 0 saturated carbocycles. The first kappa shape index (κ1) is 14.7. The van der Waals surface area contributed by atoms with Crippen molar-refractivity contribution >= 4 is 5.91 Å². The van der Waals surface area contributed by atoms with Crippen LogP contribution in [-0.4, -0.2) is 22.2 Å². The van der Waals surface area contributed by atoms with Crippen molar-refractivity contribution in [3.05, 3.63) is 18.0 Å². The maximum atomic E-state index is 11.7. The minimum Gasteiger partial charge on any atom is -0.352 e. The van der Waals surface area contributed by atoms with Crippen LogP contribution in [0.1, 0.15) is 38.2 Å². The van der Waals surface area contributed by atoms with E-state index in [2.05, 4.69) is 17.3 Å². The smallest absolute Gasteiger partial charge is 0.220 e. The highest BCUT2D eigenvalue weighted by atomic mass is 16.1. The molecule has 102 valence electrons. The zero-order chi connectivity index (χ0) is 13.4. The normalized spacial score (nSPS) is 12.4. The zero-order valence-electron chi connectivity index (χ0n) is 11.4. The standard InChI is InChI=1S/C13H24N4O/c1-3-11(6-7-14)4-5-13(18)15-8-12-9-16-17(2)10-12/h9-11H,3-8,14H2,1-2H3,(H,15,18). The number of hydrogen-bond acceptors (Lipinski definition) is 3. The number of hydrogen-bond donors (Lipinski definition) is 2. The lowest BCUT2D eigenvalue weighted by molar-refractivity contribution is -0.121.